The maximum Gasteiger partial charge on any atom is 0.348 e. The first-order valence-electron chi connectivity index (χ1n) is 7.34. The van der Waals surface area contributed by atoms with E-state index in [-0.39, 0.29) is 18.3 Å². The van der Waals surface area contributed by atoms with E-state index >= 15 is 0 Å². The van der Waals surface area contributed by atoms with E-state index in [0.29, 0.717) is 22.3 Å². The molecule has 128 valence electrons. The molecule has 2 aromatic rings. The number of nitrogens with one attached hydrogen (secondary N) is 2. The minimum absolute atomic E-state index is 0.175. The number of carbonyl (C=O) groups excluding carboxylic acids is 3. The predicted molar refractivity (Wildman–Crippen MR) is 89.1 cm³/mol. The molecular formula is C16H18N2O5S. The summed E-state index contributed by atoms with van der Waals surface area (Å²) in [5, 5.41) is 5.75. The standard InChI is InChI=1S/C16H18N2O5S/c1-10(2)8-17-13(19)9-23-16(21)12-5-6-14(24-12)18-15(20)11-4-3-7-22-11/h3-7,10H,8-9H2,1-2H3,(H,17,19)(H,18,20). The summed E-state index contributed by atoms with van der Waals surface area (Å²) >= 11 is 1.06. The summed E-state index contributed by atoms with van der Waals surface area (Å²) in [6.45, 7) is 4.13. The van der Waals surface area contributed by atoms with Gasteiger partial charge in [0.05, 0.1) is 11.3 Å². The molecule has 2 aromatic heterocycles. The number of hydrogen-bond donors (Lipinski definition) is 2. The molecule has 0 atom stereocenters. The molecule has 24 heavy (non-hydrogen) atoms. The second kappa shape index (κ2) is 8.30. The Bertz CT molecular complexity index is 706. The van der Waals surface area contributed by atoms with Gasteiger partial charge in [0.15, 0.2) is 12.4 Å². The van der Waals surface area contributed by atoms with Crippen molar-refractivity contribution in [3.8, 4) is 0 Å². The molecule has 0 bridgehead atoms. The normalized spacial score (nSPS) is 10.5. The summed E-state index contributed by atoms with van der Waals surface area (Å²) in [5.74, 6) is -0.871. The van der Waals surface area contributed by atoms with Gasteiger partial charge in [-0.05, 0) is 30.2 Å². The zero-order valence-electron chi connectivity index (χ0n) is 13.3. The predicted octanol–water partition coefficient (Wildman–Crippen LogP) is 2.52. The van der Waals surface area contributed by atoms with E-state index in [1.54, 1.807) is 12.1 Å². The van der Waals surface area contributed by atoms with Crippen molar-refractivity contribution in [1.29, 1.82) is 0 Å². The molecule has 0 aromatic carbocycles. The number of anilines is 1. The third kappa shape index (κ3) is 5.24. The fraction of sp³-hybridized carbons (Fsp3) is 0.312. The number of ether oxygens (including phenoxy) is 1. The van der Waals surface area contributed by atoms with E-state index in [2.05, 4.69) is 10.6 Å². The zero-order valence-corrected chi connectivity index (χ0v) is 14.1. The van der Waals surface area contributed by atoms with E-state index in [0.717, 1.165) is 11.3 Å². The number of amides is 2. The fourth-order valence-electron chi connectivity index (χ4n) is 1.67. The Morgan fingerprint density at radius 3 is 2.71 bits per heavy atom. The van der Waals surface area contributed by atoms with Crippen LogP contribution in [0.15, 0.2) is 34.9 Å². The molecule has 0 saturated heterocycles. The zero-order chi connectivity index (χ0) is 17.5. The average Bonchev–Trinajstić information content (AvgIpc) is 3.21. The lowest BCUT2D eigenvalue weighted by atomic mass is 10.2. The van der Waals surface area contributed by atoms with Crippen molar-refractivity contribution in [1.82, 2.24) is 5.32 Å². The summed E-state index contributed by atoms with van der Waals surface area (Å²) < 4.78 is 9.92. The molecule has 0 aliphatic heterocycles. The molecule has 0 unspecified atom stereocenters. The minimum Gasteiger partial charge on any atom is -0.459 e. The molecule has 2 N–H and O–H groups in total. The third-order valence-corrected chi connectivity index (χ3v) is 3.81. The Hall–Kier alpha value is -2.61. The highest BCUT2D eigenvalue weighted by Crippen LogP contribution is 2.23. The molecule has 2 heterocycles. The van der Waals surface area contributed by atoms with Crippen LogP contribution in [0.25, 0.3) is 0 Å². The van der Waals surface area contributed by atoms with Gasteiger partial charge in [-0.3, -0.25) is 9.59 Å². The molecule has 7 nitrogen and oxygen atoms in total. The number of thiophene rings is 1. The van der Waals surface area contributed by atoms with Crippen LogP contribution in [0.5, 0.6) is 0 Å². The number of rotatable bonds is 7. The molecule has 8 heteroatoms. The van der Waals surface area contributed by atoms with E-state index < -0.39 is 11.9 Å². The van der Waals surface area contributed by atoms with Crippen LogP contribution in [-0.2, 0) is 9.53 Å². The van der Waals surface area contributed by atoms with Gasteiger partial charge in [-0.1, -0.05) is 13.8 Å². The molecule has 0 spiro atoms. The SMILES string of the molecule is CC(C)CNC(=O)COC(=O)c1ccc(NC(=O)c2ccco2)s1. The fourth-order valence-corrected chi connectivity index (χ4v) is 2.46. The van der Waals surface area contributed by atoms with Crippen molar-refractivity contribution in [3.63, 3.8) is 0 Å². The first kappa shape index (κ1) is 17.7. The maximum absolute atomic E-state index is 11.9. The highest BCUT2D eigenvalue weighted by molar-refractivity contribution is 7.18. The van der Waals surface area contributed by atoms with Gasteiger partial charge in [0, 0.05) is 6.54 Å². The van der Waals surface area contributed by atoms with E-state index in [1.807, 2.05) is 13.8 Å². The number of furan rings is 1. The van der Waals surface area contributed by atoms with Crippen LogP contribution in [0.2, 0.25) is 0 Å². The second-order valence-electron chi connectivity index (χ2n) is 5.37. The minimum atomic E-state index is -0.613. The Balaban J connectivity index is 1.82. The summed E-state index contributed by atoms with van der Waals surface area (Å²) in [6, 6.07) is 6.25. The lowest BCUT2D eigenvalue weighted by Gasteiger charge is -2.07. The molecular weight excluding hydrogens is 332 g/mol. The quantitative estimate of drug-likeness (QED) is 0.748. The summed E-state index contributed by atoms with van der Waals surface area (Å²) in [7, 11) is 0. The molecule has 0 saturated carbocycles. The summed E-state index contributed by atoms with van der Waals surface area (Å²) in [5.41, 5.74) is 0. The molecule has 0 aliphatic rings. The van der Waals surface area contributed by atoms with Crippen molar-refractivity contribution in [2.45, 2.75) is 13.8 Å². The van der Waals surface area contributed by atoms with Crippen molar-refractivity contribution in [3.05, 3.63) is 41.2 Å². The summed E-state index contributed by atoms with van der Waals surface area (Å²) in [4.78, 5) is 35.5. The number of hydrogen-bond acceptors (Lipinski definition) is 6. The van der Waals surface area contributed by atoms with Gasteiger partial charge in [0.2, 0.25) is 0 Å². The van der Waals surface area contributed by atoms with Crippen LogP contribution >= 0.6 is 11.3 Å². The Morgan fingerprint density at radius 1 is 1.25 bits per heavy atom. The van der Waals surface area contributed by atoms with Crippen molar-refractivity contribution < 1.29 is 23.5 Å². The van der Waals surface area contributed by atoms with Gasteiger partial charge >= 0.3 is 5.97 Å². The average molecular weight is 350 g/mol. The van der Waals surface area contributed by atoms with E-state index in [4.69, 9.17) is 9.15 Å². The lowest BCUT2D eigenvalue weighted by molar-refractivity contribution is -0.124. The molecule has 0 radical (unpaired) electrons. The highest BCUT2D eigenvalue weighted by Gasteiger charge is 2.15. The number of esters is 1. The molecule has 0 aliphatic carbocycles. The number of carbonyl (C=O) groups is 3. The Kier molecular flexibility index (Phi) is 6.14. The topological polar surface area (TPSA) is 97.6 Å². The highest BCUT2D eigenvalue weighted by atomic mass is 32.1. The van der Waals surface area contributed by atoms with Crippen LogP contribution in [0, 0.1) is 5.92 Å². The van der Waals surface area contributed by atoms with Crippen molar-refractivity contribution in [2.24, 2.45) is 5.92 Å². The lowest BCUT2D eigenvalue weighted by Crippen LogP contribution is -2.31. The van der Waals surface area contributed by atoms with Crippen LogP contribution in [0.3, 0.4) is 0 Å². The van der Waals surface area contributed by atoms with Gasteiger partial charge in [0.1, 0.15) is 4.88 Å². The van der Waals surface area contributed by atoms with Crippen LogP contribution in [-0.4, -0.2) is 30.9 Å². The first-order chi connectivity index (χ1) is 11.5. The van der Waals surface area contributed by atoms with Gasteiger partial charge in [-0.15, -0.1) is 11.3 Å². The Morgan fingerprint density at radius 2 is 2.04 bits per heavy atom. The maximum atomic E-state index is 11.9. The Labute approximate surface area is 143 Å². The van der Waals surface area contributed by atoms with Crippen LogP contribution < -0.4 is 10.6 Å². The second-order valence-corrected chi connectivity index (χ2v) is 6.45. The smallest absolute Gasteiger partial charge is 0.348 e. The summed E-state index contributed by atoms with van der Waals surface area (Å²) in [6.07, 6.45) is 1.40. The van der Waals surface area contributed by atoms with Crippen LogP contribution in [0.4, 0.5) is 5.00 Å². The molecule has 2 amide bonds. The van der Waals surface area contributed by atoms with Gasteiger partial charge in [0.25, 0.3) is 11.8 Å². The monoisotopic (exact) mass is 350 g/mol. The molecule has 2 rings (SSSR count). The van der Waals surface area contributed by atoms with Crippen LogP contribution in [0.1, 0.15) is 34.1 Å². The molecule has 0 fully saturated rings. The van der Waals surface area contributed by atoms with E-state index in [1.165, 1.54) is 18.4 Å². The largest absolute Gasteiger partial charge is 0.459 e. The third-order valence-electron chi connectivity index (χ3n) is 2.83. The van der Waals surface area contributed by atoms with Crippen molar-refractivity contribution >= 4 is 34.1 Å². The van der Waals surface area contributed by atoms with Crippen molar-refractivity contribution in [2.75, 3.05) is 18.5 Å². The first-order valence-corrected chi connectivity index (χ1v) is 8.16. The van der Waals surface area contributed by atoms with Gasteiger partial charge in [-0.25, -0.2) is 4.79 Å². The van der Waals surface area contributed by atoms with Gasteiger partial charge < -0.3 is 19.8 Å². The van der Waals surface area contributed by atoms with E-state index in [9.17, 15) is 14.4 Å². The van der Waals surface area contributed by atoms with Gasteiger partial charge in [-0.2, -0.15) is 0 Å².